The second-order valence-corrected chi connectivity index (χ2v) is 5.15. The second-order valence-electron chi connectivity index (χ2n) is 2.53. The van der Waals surface area contributed by atoms with Gasteiger partial charge in [0.15, 0.2) is 0 Å². The molecule has 0 heterocycles. The van der Waals surface area contributed by atoms with Crippen LogP contribution in [0.3, 0.4) is 0 Å². The minimum Gasteiger partial charge on any atom is -0.478 e. The summed E-state index contributed by atoms with van der Waals surface area (Å²) in [5, 5.41) is 8.80. The van der Waals surface area contributed by atoms with Gasteiger partial charge in [0.25, 0.3) is 0 Å². The molecule has 0 amide bonds. The van der Waals surface area contributed by atoms with E-state index in [-0.39, 0.29) is 5.57 Å². The summed E-state index contributed by atoms with van der Waals surface area (Å²) in [6, 6.07) is 3.54. The molecule has 1 N–H and O–H groups in total. The smallest absolute Gasteiger partial charge is 0.335 e. The van der Waals surface area contributed by atoms with Gasteiger partial charge in [-0.3, -0.25) is 0 Å². The standard InChI is InChI=1S/C9H5Br3O2/c1-4(9(13)14)8-6(11)2-5(10)3-7(8)12/h2-3H,1H2,(H,13,14). The SMILES string of the molecule is C=C(C(=O)O)c1c(Br)cc(Br)cc1Br. The number of halogens is 3. The van der Waals surface area contributed by atoms with Crippen molar-refractivity contribution < 1.29 is 9.90 Å². The first kappa shape index (κ1) is 11.9. The van der Waals surface area contributed by atoms with Gasteiger partial charge < -0.3 is 5.11 Å². The zero-order chi connectivity index (χ0) is 10.9. The predicted octanol–water partition coefficient (Wildman–Crippen LogP) is 4.07. The summed E-state index contributed by atoms with van der Waals surface area (Å²) in [5.74, 6) is -1.03. The van der Waals surface area contributed by atoms with E-state index >= 15 is 0 Å². The summed E-state index contributed by atoms with van der Waals surface area (Å²) >= 11 is 9.86. The van der Waals surface area contributed by atoms with Gasteiger partial charge in [-0.1, -0.05) is 54.4 Å². The number of aliphatic carboxylic acids is 1. The van der Waals surface area contributed by atoms with Crippen LogP contribution >= 0.6 is 47.8 Å². The third kappa shape index (κ3) is 2.46. The highest BCUT2D eigenvalue weighted by atomic mass is 79.9. The van der Waals surface area contributed by atoms with Crippen LogP contribution in [0.15, 0.2) is 32.1 Å². The number of benzene rings is 1. The molecular formula is C9H5Br3O2. The molecular weight excluding hydrogens is 380 g/mol. The van der Waals surface area contributed by atoms with Gasteiger partial charge in [0, 0.05) is 19.0 Å². The van der Waals surface area contributed by atoms with E-state index in [0.717, 1.165) is 4.47 Å². The molecule has 0 saturated heterocycles. The minimum absolute atomic E-state index is 0.0521. The molecule has 1 aromatic carbocycles. The van der Waals surface area contributed by atoms with Crippen LogP contribution in [0.5, 0.6) is 0 Å². The van der Waals surface area contributed by atoms with Crippen molar-refractivity contribution in [3.05, 3.63) is 37.7 Å². The third-order valence-corrected chi connectivity index (χ3v) is 3.28. The van der Waals surface area contributed by atoms with Crippen LogP contribution in [0.25, 0.3) is 5.57 Å². The normalized spacial score (nSPS) is 9.93. The highest BCUT2D eigenvalue weighted by molar-refractivity contribution is 9.11. The first-order chi connectivity index (χ1) is 6.43. The number of rotatable bonds is 2. The van der Waals surface area contributed by atoms with Gasteiger partial charge in [-0.15, -0.1) is 0 Å². The number of carboxylic acid groups (broad SMARTS) is 1. The lowest BCUT2D eigenvalue weighted by atomic mass is 10.1. The van der Waals surface area contributed by atoms with E-state index in [1.54, 1.807) is 12.1 Å². The number of hydrogen-bond donors (Lipinski definition) is 1. The van der Waals surface area contributed by atoms with E-state index < -0.39 is 5.97 Å². The Labute approximate surface area is 106 Å². The van der Waals surface area contributed by atoms with Gasteiger partial charge in [-0.2, -0.15) is 0 Å². The Balaban J connectivity index is 3.35. The van der Waals surface area contributed by atoms with Crippen LogP contribution in [0.1, 0.15) is 5.56 Å². The van der Waals surface area contributed by atoms with Crippen LogP contribution in [0.4, 0.5) is 0 Å². The van der Waals surface area contributed by atoms with Gasteiger partial charge in [-0.25, -0.2) is 4.79 Å². The summed E-state index contributed by atoms with van der Waals surface area (Å²) in [6.45, 7) is 3.50. The predicted molar refractivity (Wildman–Crippen MR) is 66.2 cm³/mol. The Hall–Kier alpha value is -0.130. The maximum atomic E-state index is 10.7. The summed E-state index contributed by atoms with van der Waals surface area (Å²) in [6.07, 6.45) is 0. The molecule has 0 bridgehead atoms. The maximum absolute atomic E-state index is 10.7. The van der Waals surface area contributed by atoms with Crippen LogP contribution in [0.2, 0.25) is 0 Å². The molecule has 0 spiro atoms. The number of carboxylic acids is 1. The molecule has 0 aliphatic rings. The average Bonchev–Trinajstić information content (AvgIpc) is 2.01. The van der Waals surface area contributed by atoms with E-state index in [4.69, 9.17) is 5.11 Å². The van der Waals surface area contributed by atoms with Gasteiger partial charge >= 0.3 is 5.97 Å². The summed E-state index contributed by atoms with van der Waals surface area (Å²) in [5.41, 5.74) is 0.608. The largest absolute Gasteiger partial charge is 0.478 e. The van der Waals surface area contributed by atoms with Crippen molar-refractivity contribution in [1.29, 1.82) is 0 Å². The fourth-order valence-electron chi connectivity index (χ4n) is 0.937. The quantitative estimate of drug-likeness (QED) is 0.780. The van der Waals surface area contributed by atoms with Crippen LogP contribution in [-0.2, 0) is 4.79 Å². The topological polar surface area (TPSA) is 37.3 Å². The first-order valence-corrected chi connectivity index (χ1v) is 5.88. The van der Waals surface area contributed by atoms with Gasteiger partial charge in [0.05, 0.1) is 5.57 Å². The molecule has 0 aromatic heterocycles. The highest BCUT2D eigenvalue weighted by Crippen LogP contribution is 2.34. The molecule has 0 unspecified atom stereocenters. The van der Waals surface area contributed by atoms with Crippen molar-refractivity contribution in [2.24, 2.45) is 0 Å². The second kappa shape index (κ2) is 4.59. The first-order valence-electron chi connectivity index (χ1n) is 3.50. The van der Waals surface area contributed by atoms with E-state index in [0.29, 0.717) is 14.5 Å². The van der Waals surface area contributed by atoms with Crippen LogP contribution < -0.4 is 0 Å². The lowest BCUT2D eigenvalue weighted by molar-refractivity contribution is -0.130. The zero-order valence-corrected chi connectivity index (χ0v) is 11.6. The molecule has 0 aliphatic carbocycles. The highest BCUT2D eigenvalue weighted by Gasteiger charge is 2.15. The van der Waals surface area contributed by atoms with Crippen LogP contribution in [0, 0.1) is 0 Å². The van der Waals surface area contributed by atoms with E-state index in [9.17, 15) is 4.79 Å². The molecule has 5 heteroatoms. The third-order valence-electron chi connectivity index (χ3n) is 1.57. The molecule has 0 saturated carbocycles. The van der Waals surface area contributed by atoms with Crippen molar-refractivity contribution in [3.8, 4) is 0 Å². The van der Waals surface area contributed by atoms with Crippen molar-refractivity contribution in [1.82, 2.24) is 0 Å². The lowest BCUT2D eigenvalue weighted by Gasteiger charge is -2.07. The Kier molecular flexibility index (Phi) is 3.92. The molecule has 1 rings (SSSR count). The fraction of sp³-hybridized carbons (Fsp3) is 0. The molecule has 0 atom stereocenters. The Morgan fingerprint density at radius 2 is 1.64 bits per heavy atom. The monoisotopic (exact) mass is 382 g/mol. The Morgan fingerprint density at radius 1 is 1.21 bits per heavy atom. The van der Waals surface area contributed by atoms with Crippen molar-refractivity contribution in [2.45, 2.75) is 0 Å². The molecule has 14 heavy (non-hydrogen) atoms. The Morgan fingerprint density at radius 3 is 2.00 bits per heavy atom. The molecule has 0 aliphatic heterocycles. The maximum Gasteiger partial charge on any atom is 0.335 e. The molecule has 0 fully saturated rings. The summed E-state index contributed by atoms with van der Waals surface area (Å²) in [7, 11) is 0. The van der Waals surface area contributed by atoms with Gasteiger partial charge in [-0.05, 0) is 12.1 Å². The van der Waals surface area contributed by atoms with E-state index in [2.05, 4.69) is 54.4 Å². The fourth-order valence-corrected chi connectivity index (χ4v) is 3.67. The lowest BCUT2D eigenvalue weighted by Crippen LogP contribution is -1.99. The summed E-state index contributed by atoms with van der Waals surface area (Å²) < 4.78 is 2.23. The van der Waals surface area contributed by atoms with Crippen molar-refractivity contribution in [3.63, 3.8) is 0 Å². The van der Waals surface area contributed by atoms with Crippen molar-refractivity contribution in [2.75, 3.05) is 0 Å². The van der Waals surface area contributed by atoms with Gasteiger partial charge in [0.1, 0.15) is 0 Å². The molecule has 1 aromatic rings. The van der Waals surface area contributed by atoms with Crippen LogP contribution in [-0.4, -0.2) is 11.1 Å². The molecule has 2 nitrogen and oxygen atoms in total. The van der Waals surface area contributed by atoms with Crippen molar-refractivity contribution >= 4 is 59.3 Å². The Bertz CT molecular complexity index is 390. The van der Waals surface area contributed by atoms with Gasteiger partial charge in [0.2, 0.25) is 0 Å². The average molecular weight is 385 g/mol. The van der Waals surface area contributed by atoms with E-state index in [1.807, 2.05) is 0 Å². The molecule has 0 radical (unpaired) electrons. The number of carbonyl (C=O) groups is 1. The molecule has 74 valence electrons. The summed E-state index contributed by atoms with van der Waals surface area (Å²) in [4.78, 5) is 10.7. The van der Waals surface area contributed by atoms with E-state index in [1.165, 1.54) is 0 Å². The number of hydrogen-bond acceptors (Lipinski definition) is 1. The zero-order valence-electron chi connectivity index (χ0n) is 6.85. The minimum atomic E-state index is -1.03.